The molecule has 0 atom stereocenters. The summed E-state index contributed by atoms with van der Waals surface area (Å²) in [5.41, 5.74) is 11.0. The number of nitrogens with two attached hydrogens (primary N) is 2. The number of hydrogen-bond donors (Lipinski definition) is 4. The van der Waals surface area contributed by atoms with Crippen molar-refractivity contribution in [1.82, 2.24) is 25.5 Å². The molecule has 2 saturated heterocycles. The normalized spacial score (nSPS) is 17.8. The molecule has 2 fully saturated rings. The number of aromatic nitrogens is 2. The number of halogens is 1. The van der Waals surface area contributed by atoms with E-state index in [9.17, 15) is 14.4 Å². The number of carbonyl (C=O) groups is 3. The Morgan fingerprint density at radius 1 is 1.05 bits per heavy atom. The number of amides is 2. The molecule has 12 nitrogen and oxygen atoms in total. The molecule has 1 spiro atoms. The van der Waals surface area contributed by atoms with Crippen LogP contribution in [0.2, 0.25) is 5.15 Å². The van der Waals surface area contributed by atoms with Crippen LogP contribution in [-0.2, 0) is 4.74 Å². The molecule has 2 aliphatic rings. The van der Waals surface area contributed by atoms with Gasteiger partial charge in [0.1, 0.15) is 5.60 Å². The number of aliphatic imine (C=N–C) groups is 1. The van der Waals surface area contributed by atoms with Gasteiger partial charge in [-0.15, -0.1) is 0 Å². The van der Waals surface area contributed by atoms with Crippen LogP contribution in [-0.4, -0.2) is 69.4 Å². The Hall–Kier alpha value is -3.93. The fraction of sp³-hybridized carbons (Fsp3) is 0.417. The molecule has 0 bridgehead atoms. The predicted molar refractivity (Wildman–Crippen MR) is 138 cm³/mol. The summed E-state index contributed by atoms with van der Waals surface area (Å²) in [7, 11) is 0. The van der Waals surface area contributed by atoms with Crippen molar-refractivity contribution < 1.29 is 19.1 Å². The predicted octanol–water partition coefficient (Wildman–Crippen LogP) is 1.61. The molecule has 196 valence electrons. The first-order valence-electron chi connectivity index (χ1n) is 11.7. The quantitative estimate of drug-likeness (QED) is 0.428. The van der Waals surface area contributed by atoms with Gasteiger partial charge in [-0.05, 0) is 57.9 Å². The van der Waals surface area contributed by atoms with Crippen molar-refractivity contribution in [3.63, 3.8) is 0 Å². The minimum absolute atomic E-state index is 0.0697. The fourth-order valence-corrected chi connectivity index (χ4v) is 4.25. The Balaban J connectivity index is 1.35. The van der Waals surface area contributed by atoms with Crippen molar-refractivity contribution in [3.8, 4) is 0 Å². The number of nitrogens with zero attached hydrogens (tertiary/aromatic N) is 4. The van der Waals surface area contributed by atoms with Gasteiger partial charge in [0.2, 0.25) is 0 Å². The third-order valence-electron chi connectivity index (χ3n) is 6.07. The van der Waals surface area contributed by atoms with Crippen molar-refractivity contribution in [2.75, 3.05) is 31.1 Å². The number of nitrogens with one attached hydrogen (secondary N) is 2. The summed E-state index contributed by atoms with van der Waals surface area (Å²) in [5.74, 6) is -1.20. The van der Waals surface area contributed by atoms with Gasteiger partial charge < -0.3 is 31.7 Å². The second-order valence-corrected chi connectivity index (χ2v) is 10.4. The van der Waals surface area contributed by atoms with Crippen LogP contribution in [0, 0.1) is 0 Å². The highest BCUT2D eigenvalue weighted by molar-refractivity contribution is 6.31. The van der Waals surface area contributed by atoms with Crippen molar-refractivity contribution >= 4 is 47.0 Å². The van der Waals surface area contributed by atoms with Gasteiger partial charge in [0.05, 0.1) is 11.1 Å². The number of esters is 1. The van der Waals surface area contributed by atoms with Gasteiger partial charge in [-0.1, -0.05) is 11.6 Å². The van der Waals surface area contributed by atoms with Gasteiger partial charge in [-0.25, -0.2) is 14.8 Å². The second-order valence-electron chi connectivity index (χ2n) is 10.0. The number of benzene rings is 1. The molecule has 0 unspecified atom stereocenters. The highest BCUT2D eigenvalue weighted by Gasteiger charge is 2.41. The minimum atomic E-state index is -0.707. The number of nitrogen functional groups attached to an aromatic ring is 2. The van der Waals surface area contributed by atoms with Crippen LogP contribution in [0.5, 0.6) is 0 Å². The molecule has 3 heterocycles. The van der Waals surface area contributed by atoms with Gasteiger partial charge in [-0.3, -0.25) is 9.59 Å². The molecule has 2 aliphatic heterocycles. The standard InChI is InChI=1S/C24H29ClN8O4/c1-23(2,3)37-21(36)14-6-4-13(5-7-14)20(35)33-10-8-24(9-11-33)12-28-22(32-24)31-19(34)15-17(26)30-18(27)16(25)29-15/h4-7H,8-12H2,1-3H3,(H4,26,27,30)(H2,28,31,32,34). The molecule has 4 rings (SSSR count). The molecule has 6 N–H and O–H groups in total. The molecular formula is C24H29ClN8O4. The third-order valence-corrected chi connectivity index (χ3v) is 6.35. The van der Waals surface area contributed by atoms with Crippen molar-refractivity contribution in [2.24, 2.45) is 4.99 Å². The number of ether oxygens (including phenoxy) is 1. The van der Waals surface area contributed by atoms with Crippen LogP contribution in [0.15, 0.2) is 29.3 Å². The monoisotopic (exact) mass is 528 g/mol. The molecule has 1 aromatic carbocycles. The zero-order valence-electron chi connectivity index (χ0n) is 20.8. The molecule has 2 aromatic rings. The fourth-order valence-electron chi connectivity index (χ4n) is 4.12. The molecule has 0 aliphatic carbocycles. The van der Waals surface area contributed by atoms with Gasteiger partial charge in [0, 0.05) is 25.2 Å². The average molecular weight is 529 g/mol. The lowest BCUT2D eigenvalue weighted by atomic mass is 9.88. The van der Waals surface area contributed by atoms with Crippen LogP contribution in [0.4, 0.5) is 11.6 Å². The molecule has 37 heavy (non-hydrogen) atoms. The number of likely N-dealkylation sites (tertiary alicyclic amines) is 1. The smallest absolute Gasteiger partial charge is 0.338 e. The van der Waals surface area contributed by atoms with Gasteiger partial charge in [0.25, 0.3) is 5.91 Å². The number of anilines is 2. The Morgan fingerprint density at radius 2 is 1.68 bits per heavy atom. The minimum Gasteiger partial charge on any atom is -0.456 e. The zero-order valence-corrected chi connectivity index (χ0v) is 21.6. The first-order chi connectivity index (χ1) is 17.4. The topological polar surface area (TPSA) is 178 Å². The lowest BCUT2D eigenvalue weighted by Crippen LogP contribution is -2.53. The lowest BCUT2D eigenvalue weighted by Gasteiger charge is -2.38. The molecular weight excluding hydrogens is 500 g/mol. The lowest BCUT2D eigenvalue weighted by molar-refractivity contribution is 0.00690. The molecule has 1 aromatic heterocycles. The van der Waals surface area contributed by atoms with E-state index in [1.807, 2.05) is 0 Å². The Bertz CT molecular complexity index is 1260. The maximum atomic E-state index is 13.0. The van der Waals surface area contributed by atoms with E-state index in [-0.39, 0.29) is 39.9 Å². The number of piperidine rings is 1. The van der Waals surface area contributed by atoms with Gasteiger partial charge >= 0.3 is 11.9 Å². The van der Waals surface area contributed by atoms with E-state index in [0.29, 0.717) is 43.6 Å². The largest absolute Gasteiger partial charge is 0.456 e. The molecule has 0 saturated carbocycles. The van der Waals surface area contributed by atoms with E-state index in [4.69, 9.17) is 27.8 Å². The van der Waals surface area contributed by atoms with Crippen LogP contribution < -0.4 is 22.1 Å². The Morgan fingerprint density at radius 3 is 2.30 bits per heavy atom. The summed E-state index contributed by atoms with van der Waals surface area (Å²) in [4.78, 5) is 51.3. The van der Waals surface area contributed by atoms with E-state index in [1.165, 1.54) is 0 Å². The Kier molecular flexibility index (Phi) is 6.96. The third kappa shape index (κ3) is 5.91. The van der Waals surface area contributed by atoms with Crippen LogP contribution in [0.25, 0.3) is 0 Å². The summed E-state index contributed by atoms with van der Waals surface area (Å²) in [6, 6.07) is 6.46. The van der Waals surface area contributed by atoms with Crippen LogP contribution >= 0.6 is 11.6 Å². The van der Waals surface area contributed by atoms with Crippen molar-refractivity contribution in [2.45, 2.75) is 44.8 Å². The van der Waals surface area contributed by atoms with E-state index >= 15 is 0 Å². The number of carbonyl (C=O) groups excluding carboxylic acids is 3. The van der Waals surface area contributed by atoms with E-state index in [1.54, 1.807) is 49.9 Å². The summed E-state index contributed by atoms with van der Waals surface area (Å²) >= 11 is 5.85. The van der Waals surface area contributed by atoms with Crippen LogP contribution in [0.1, 0.15) is 64.8 Å². The zero-order chi connectivity index (χ0) is 27.0. The molecule has 13 heteroatoms. The van der Waals surface area contributed by atoms with E-state index in [2.05, 4.69) is 25.6 Å². The highest BCUT2D eigenvalue weighted by atomic mass is 35.5. The summed E-state index contributed by atoms with van der Waals surface area (Å²) < 4.78 is 5.37. The number of guanidine groups is 1. The first-order valence-corrected chi connectivity index (χ1v) is 12.1. The highest BCUT2D eigenvalue weighted by Crippen LogP contribution is 2.26. The van der Waals surface area contributed by atoms with Crippen LogP contribution in [0.3, 0.4) is 0 Å². The van der Waals surface area contributed by atoms with Gasteiger partial charge in [-0.2, -0.15) is 4.99 Å². The summed E-state index contributed by atoms with van der Waals surface area (Å²) in [6.07, 6.45) is 1.29. The Labute approximate surface area is 218 Å². The second kappa shape index (κ2) is 9.85. The SMILES string of the molecule is CC(C)(C)OC(=O)c1ccc(C(=O)N2CCC3(CC2)CN/C(=N\C(=O)c2nc(Cl)c(N)nc2N)N3)cc1. The maximum Gasteiger partial charge on any atom is 0.338 e. The summed E-state index contributed by atoms with van der Waals surface area (Å²) in [6.45, 7) is 6.95. The van der Waals surface area contributed by atoms with Crippen molar-refractivity contribution in [3.05, 3.63) is 46.2 Å². The van der Waals surface area contributed by atoms with Gasteiger partial charge in [0.15, 0.2) is 28.4 Å². The van der Waals surface area contributed by atoms with E-state index < -0.39 is 17.5 Å². The molecule has 0 radical (unpaired) electrons. The number of hydrogen-bond acceptors (Lipinski definition) is 8. The average Bonchev–Trinajstić information content (AvgIpc) is 3.22. The van der Waals surface area contributed by atoms with E-state index in [0.717, 1.165) is 0 Å². The first kappa shape index (κ1) is 26.1. The van der Waals surface area contributed by atoms with Crippen molar-refractivity contribution in [1.29, 1.82) is 0 Å². The molecule has 2 amide bonds. The maximum absolute atomic E-state index is 13.0. The number of rotatable bonds is 3. The summed E-state index contributed by atoms with van der Waals surface area (Å²) in [5, 5.41) is 6.24.